The fourth-order valence-corrected chi connectivity index (χ4v) is 5.65. The number of hydrogen-bond acceptors (Lipinski definition) is 4. The molecule has 0 radical (unpaired) electrons. The molecule has 0 spiro atoms. The van der Waals surface area contributed by atoms with Crippen molar-refractivity contribution in [2.24, 2.45) is 5.73 Å². The molecule has 2 heterocycles. The fraction of sp³-hybridized carbons (Fsp3) is 1.00. The van der Waals surface area contributed by atoms with Gasteiger partial charge in [0.05, 0.1) is 6.10 Å². The van der Waals surface area contributed by atoms with Crippen LogP contribution >= 0.6 is 0 Å². The van der Waals surface area contributed by atoms with Crippen LogP contribution < -0.4 is 5.73 Å². The normalized spacial score (nSPS) is 33.0. The van der Waals surface area contributed by atoms with Crippen molar-refractivity contribution >= 4 is 0 Å². The van der Waals surface area contributed by atoms with Gasteiger partial charge in [0, 0.05) is 28.2 Å². The van der Waals surface area contributed by atoms with Crippen molar-refractivity contribution in [3.8, 4) is 0 Å². The topological polar surface area (TPSA) is 52.7 Å². The molecule has 2 fully saturated rings. The molecule has 4 nitrogen and oxygen atoms in total. The van der Waals surface area contributed by atoms with Gasteiger partial charge in [0.2, 0.25) is 0 Å². The van der Waals surface area contributed by atoms with Crippen molar-refractivity contribution in [3.63, 3.8) is 0 Å². The molecular weight excluding hydrogens is 274 g/mol. The standard InChI is InChI=1S/C18H37N3O/c1-15(2)9-13(19)10-16(3,4)20(15)21-17(5,6)11-14(22)12-18(21,7)8/h13-14,22H,9-12,19H2,1-8H3. The van der Waals surface area contributed by atoms with Gasteiger partial charge in [0.1, 0.15) is 0 Å². The molecule has 2 aliphatic heterocycles. The summed E-state index contributed by atoms with van der Waals surface area (Å²) in [6.07, 6.45) is 3.40. The van der Waals surface area contributed by atoms with E-state index in [2.05, 4.69) is 65.4 Å². The second-order valence-electron chi connectivity index (χ2n) is 10.1. The van der Waals surface area contributed by atoms with Gasteiger partial charge in [-0.2, -0.15) is 0 Å². The molecule has 130 valence electrons. The Balaban J connectivity index is 2.50. The predicted octanol–water partition coefficient (Wildman–Crippen LogP) is 2.90. The van der Waals surface area contributed by atoms with Crippen molar-refractivity contribution in [3.05, 3.63) is 0 Å². The van der Waals surface area contributed by atoms with E-state index in [0.717, 1.165) is 25.7 Å². The number of nitrogens with two attached hydrogens (primary N) is 1. The predicted molar refractivity (Wildman–Crippen MR) is 92.4 cm³/mol. The molecule has 2 saturated heterocycles. The summed E-state index contributed by atoms with van der Waals surface area (Å²) < 4.78 is 0. The number of hydrazine groups is 1. The smallest absolute Gasteiger partial charge is 0.0576 e. The molecule has 0 aromatic carbocycles. The third kappa shape index (κ3) is 3.08. The molecule has 22 heavy (non-hydrogen) atoms. The van der Waals surface area contributed by atoms with Crippen LogP contribution in [0.4, 0.5) is 0 Å². The lowest BCUT2D eigenvalue weighted by Crippen LogP contribution is -2.77. The second kappa shape index (κ2) is 5.17. The van der Waals surface area contributed by atoms with E-state index in [1.165, 1.54) is 0 Å². The summed E-state index contributed by atoms with van der Waals surface area (Å²) in [5.41, 5.74) is 6.23. The van der Waals surface area contributed by atoms with Crippen LogP contribution in [0, 0.1) is 0 Å². The van der Waals surface area contributed by atoms with E-state index >= 15 is 0 Å². The Hall–Kier alpha value is -0.160. The van der Waals surface area contributed by atoms with Crippen molar-refractivity contribution in [2.75, 3.05) is 0 Å². The first-order chi connectivity index (χ1) is 9.69. The first kappa shape index (κ1) is 18.2. The second-order valence-corrected chi connectivity index (χ2v) is 10.1. The van der Waals surface area contributed by atoms with Crippen LogP contribution in [-0.4, -0.2) is 49.4 Å². The fourth-order valence-electron chi connectivity index (χ4n) is 5.65. The van der Waals surface area contributed by atoms with Crippen LogP contribution in [0.1, 0.15) is 81.1 Å². The minimum absolute atomic E-state index is 0.0119. The molecule has 0 saturated carbocycles. The van der Waals surface area contributed by atoms with Gasteiger partial charge in [-0.05, 0) is 81.1 Å². The maximum atomic E-state index is 10.3. The maximum Gasteiger partial charge on any atom is 0.0576 e. The van der Waals surface area contributed by atoms with E-state index in [0.29, 0.717) is 0 Å². The largest absolute Gasteiger partial charge is 0.393 e. The molecule has 2 rings (SSSR count). The Morgan fingerprint density at radius 3 is 1.27 bits per heavy atom. The molecule has 2 aliphatic rings. The first-order valence-corrected chi connectivity index (χ1v) is 8.73. The Labute approximate surface area is 137 Å². The van der Waals surface area contributed by atoms with Crippen LogP contribution in [0.2, 0.25) is 0 Å². The summed E-state index contributed by atoms with van der Waals surface area (Å²) in [6, 6.07) is 0.253. The highest BCUT2D eigenvalue weighted by Crippen LogP contribution is 2.48. The molecule has 0 bridgehead atoms. The van der Waals surface area contributed by atoms with E-state index in [9.17, 15) is 5.11 Å². The quantitative estimate of drug-likeness (QED) is 0.782. The Morgan fingerprint density at radius 2 is 0.955 bits per heavy atom. The molecule has 0 aliphatic carbocycles. The Bertz CT molecular complexity index is 352. The average molecular weight is 312 g/mol. The molecule has 0 atom stereocenters. The number of aliphatic hydroxyl groups is 1. The number of hydrogen-bond donors (Lipinski definition) is 2. The van der Waals surface area contributed by atoms with Gasteiger partial charge in [0.25, 0.3) is 0 Å². The Morgan fingerprint density at radius 1 is 0.682 bits per heavy atom. The zero-order chi connectivity index (χ0) is 17.1. The zero-order valence-electron chi connectivity index (χ0n) is 15.9. The summed E-state index contributed by atoms with van der Waals surface area (Å²) >= 11 is 0. The van der Waals surface area contributed by atoms with Crippen LogP contribution in [0.15, 0.2) is 0 Å². The molecule has 0 aromatic rings. The van der Waals surface area contributed by atoms with Crippen molar-refractivity contribution in [1.82, 2.24) is 10.0 Å². The maximum absolute atomic E-state index is 10.3. The highest BCUT2D eigenvalue weighted by Gasteiger charge is 2.56. The third-order valence-electron chi connectivity index (χ3n) is 5.49. The SMILES string of the molecule is CC1(C)CC(N)CC(C)(C)N1N1C(C)(C)CC(O)CC1(C)C. The van der Waals surface area contributed by atoms with Crippen LogP contribution in [0.3, 0.4) is 0 Å². The molecule has 0 aromatic heterocycles. The number of rotatable bonds is 1. The van der Waals surface area contributed by atoms with Gasteiger partial charge < -0.3 is 10.8 Å². The summed E-state index contributed by atoms with van der Waals surface area (Å²) in [4.78, 5) is 0. The van der Waals surface area contributed by atoms with Crippen molar-refractivity contribution < 1.29 is 5.11 Å². The van der Waals surface area contributed by atoms with E-state index < -0.39 is 0 Å². The van der Waals surface area contributed by atoms with Gasteiger partial charge in [-0.3, -0.25) is 0 Å². The van der Waals surface area contributed by atoms with Gasteiger partial charge in [0.15, 0.2) is 0 Å². The lowest BCUT2D eigenvalue weighted by atomic mass is 9.75. The van der Waals surface area contributed by atoms with Crippen LogP contribution in [0.5, 0.6) is 0 Å². The average Bonchev–Trinajstić information content (AvgIpc) is 2.16. The minimum atomic E-state index is -0.223. The number of aliphatic hydroxyl groups excluding tert-OH is 1. The monoisotopic (exact) mass is 311 g/mol. The van der Waals surface area contributed by atoms with Crippen LogP contribution in [-0.2, 0) is 0 Å². The summed E-state index contributed by atoms with van der Waals surface area (Å²) in [6.45, 7) is 18.3. The summed E-state index contributed by atoms with van der Waals surface area (Å²) in [5.74, 6) is 0. The minimum Gasteiger partial charge on any atom is -0.393 e. The van der Waals surface area contributed by atoms with E-state index in [-0.39, 0.29) is 34.3 Å². The highest BCUT2D eigenvalue weighted by atomic mass is 16.3. The lowest BCUT2D eigenvalue weighted by molar-refractivity contribution is -0.283. The van der Waals surface area contributed by atoms with Gasteiger partial charge in [-0.1, -0.05) is 0 Å². The summed E-state index contributed by atoms with van der Waals surface area (Å²) in [7, 11) is 0. The van der Waals surface area contributed by atoms with Crippen molar-refractivity contribution in [1.29, 1.82) is 0 Å². The van der Waals surface area contributed by atoms with E-state index in [1.54, 1.807) is 0 Å². The van der Waals surface area contributed by atoms with Gasteiger partial charge in [-0.15, -0.1) is 0 Å². The molecule has 3 N–H and O–H groups in total. The highest BCUT2D eigenvalue weighted by molar-refractivity contribution is 5.07. The third-order valence-corrected chi connectivity index (χ3v) is 5.49. The summed E-state index contributed by atoms with van der Waals surface area (Å²) in [5, 5.41) is 15.5. The molecule has 4 heteroatoms. The number of nitrogens with zero attached hydrogens (tertiary/aromatic N) is 2. The van der Waals surface area contributed by atoms with E-state index in [4.69, 9.17) is 5.73 Å². The van der Waals surface area contributed by atoms with Gasteiger partial charge >= 0.3 is 0 Å². The Kier molecular flexibility index (Phi) is 4.27. The van der Waals surface area contributed by atoms with E-state index in [1.807, 2.05) is 0 Å². The number of piperidine rings is 2. The van der Waals surface area contributed by atoms with Crippen molar-refractivity contribution in [2.45, 2.75) is 115 Å². The lowest BCUT2D eigenvalue weighted by Gasteiger charge is -2.67. The first-order valence-electron chi connectivity index (χ1n) is 8.73. The molecular formula is C18H37N3O. The zero-order valence-corrected chi connectivity index (χ0v) is 15.9. The molecule has 0 amide bonds. The van der Waals surface area contributed by atoms with Crippen LogP contribution in [0.25, 0.3) is 0 Å². The van der Waals surface area contributed by atoms with Gasteiger partial charge in [-0.25, -0.2) is 10.0 Å². The molecule has 0 unspecified atom stereocenters.